The monoisotopic (exact) mass is 332 g/mol. The summed E-state index contributed by atoms with van der Waals surface area (Å²) in [6.07, 6.45) is 0.845. The predicted molar refractivity (Wildman–Crippen MR) is 79.8 cm³/mol. The highest BCUT2D eigenvalue weighted by Gasteiger charge is 2.22. The lowest BCUT2D eigenvalue weighted by Crippen LogP contribution is -2.04. The molecule has 0 N–H and O–H groups in total. The van der Waals surface area contributed by atoms with Gasteiger partial charge in [0.25, 0.3) is 0 Å². The first kappa shape index (κ1) is 13.2. The molecule has 3 nitrogen and oxygen atoms in total. The maximum atomic E-state index is 12.6. The zero-order chi connectivity index (χ0) is 14.1. The largest absolute Gasteiger partial charge is 0.497 e. The van der Waals surface area contributed by atoms with Gasteiger partial charge in [0.1, 0.15) is 11.5 Å². The number of carbonyl (C=O) groups is 1. The fourth-order valence-corrected chi connectivity index (χ4v) is 2.84. The van der Waals surface area contributed by atoms with Gasteiger partial charge in [-0.2, -0.15) is 0 Å². The van der Waals surface area contributed by atoms with Crippen molar-refractivity contribution in [1.29, 1.82) is 0 Å². The minimum atomic E-state index is -0.0351. The van der Waals surface area contributed by atoms with E-state index in [0.717, 1.165) is 22.2 Å². The SMILES string of the molecule is COc1ccc(C(=O)c2cc(Br)cc3c2OCC3)cc1. The molecule has 0 atom stereocenters. The van der Waals surface area contributed by atoms with Crippen LogP contribution in [0.2, 0.25) is 0 Å². The van der Waals surface area contributed by atoms with Crippen molar-refractivity contribution in [2.75, 3.05) is 13.7 Å². The molecule has 0 aromatic heterocycles. The van der Waals surface area contributed by atoms with E-state index in [0.29, 0.717) is 23.5 Å². The molecule has 1 aliphatic rings. The van der Waals surface area contributed by atoms with E-state index in [4.69, 9.17) is 9.47 Å². The standard InChI is InChI=1S/C16H13BrO3/c1-19-13-4-2-10(3-5-13)15(18)14-9-12(17)8-11-6-7-20-16(11)14/h2-5,8-9H,6-7H2,1H3. The summed E-state index contributed by atoms with van der Waals surface area (Å²) >= 11 is 3.45. The Hall–Kier alpha value is -1.81. The van der Waals surface area contributed by atoms with Gasteiger partial charge in [-0.05, 0) is 42.0 Å². The van der Waals surface area contributed by atoms with Gasteiger partial charge in [-0.25, -0.2) is 0 Å². The number of benzene rings is 2. The van der Waals surface area contributed by atoms with Crippen LogP contribution < -0.4 is 9.47 Å². The predicted octanol–water partition coefficient (Wildman–Crippen LogP) is 3.62. The molecule has 1 heterocycles. The van der Waals surface area contributed by atoms with Crippen molar-refractivity contribution in [1.82, 2.24) is 0 Å². The summed E-state index contributed by atoms with van der Waals surface area (Å²) in [6.45, 7) is 0.634. The number of halogens is 1. The van der Waals surface area contributed by atoms with Gasteiger partial charge in [0.15, 0.2) is 5.78 Å². The van der Waals surface area contributed by atoms with Crippen LogP contribution in [0, 0.1) is 0 Å². The molecule has 0 bridgehead atoms. The molecule has 0 amide bonds. The second-order valence-electron chi connectivity index (χ2n) is 4.60. The maximum Gasteiger partial charge on any atom is 0.196 e. The quantitative estimate of drug-likeness (QED) is 0.805. The lowest BCUT2D eigenvalue weighted by atomic mass is 10.00. The number of fused-ring (bicyclic) bond motifs is 1. The van der Waals surface area contributed by atoms with Crippen LogP contribution in [0.5, 0.6) is 11.5 Å². The number of methoxy groups -OCH3 is 1. The topological polar surface area (TPSA) is 35.5 Å². The van der Waals surface area contributed by atoms with E-state index in [2.05, 4.69) is 15.9 Å². The van der Waals surface area contributed by atoms with Crippen molar-refractivity contribution in [3.05, 3.63) is 57.6 Å². The summed E-state index contributed by atoms with van der Waals surface area (Å²) < 4.78 is 11.6. The van der Waals surface area contributed by atoms with Gasteiger partial charge in [0, 0.05) is 16.5 Å². The van der Waals surface area contributed by atoms with Crippen molar-refractivity contribution in [2.45, 2.75) is 6.42 Å². The van der Waals surface area contributed by atoms with Crippen LogP contribution in [0.1, 0.15) is 21.5 Å². The minimum Gasteiger partial charge on any atom is -0.497 e. The number of carbonyl (C=O) groups excluding carboxylic acids is 1. The van der Waals surface area contributed by atoms with E-state index in [-0.39, 0.29) is 5.78 Å². The molecular formula is C16H13BrO3. The summed E-state index contributed by atoms with van der Waals surface area (Å²) in [5.74, 6) is 1.42. The molecule has 0 saturated heterocycles. The number of hydrogen-bond donors (Lipinski definition) is 0. The Morgan fingerprint density at radius 2 is 2.00 bits per heavy atom. The maximum absolute atomic E-state index is 12.6. The van der Waals surface area contributed by atoms with Crippen LogP contribution >= 0.6 is 15.9 Å². The molecule has 2 aromatic carbocycles. The Labute approximate surface area is 125 Å². The van der Waals surface area contributed by atoms with Gasteiger partial charge in [0.05, 0.1) is 19.3 Å². The summed E-state index contributed by atoms with van der Waals surface area (Å²) in [5, 5.41) is 0. The van der Waals surface area contributed by atoms with Crippen LogP contribution in [0.4, 0.5) is 0 Å². The smallest absolute Gasteiger partial charge is 0.196 e. The van der Waals surface area contributed by atoms with Gasteiger partial charge in [-0.15, -0.1) is 0 Å². The summed E-state index contributed by atoms with van der Waals surface area (Å²) in [5.41, 5.74) is 2.31. The highest BCUT2D eigenvalue weighted by atomic mass is 79.9. The molecular weight excluding hydrogens is 320 g/mol. The minimum absolute atomic E-state index is 0.0351. The Morgan fingerprint density at radius 1 is 1.25 bits per heavy atom. The third-order valence-electron chi connectivity index (χ3n) is 3.35. The molecule has 2 aromatic rings. The van der Waals surface area contributed by atoms with Gasteiger partial charge in [-0.1, -0.05) is 15.9 Å². The normalized spacial score (nSPS) is 12.7. The van der Waals surface area contributed by atoms with E-state index < -0.39 is 0 Å². The molecule has 20 heavy (non-hydrogen) atoms. The van der Waals surface area contributed by atoms with Crippen LogP contribution in [-0.4, -0.2) is 19.5 Å². The Kier molecular flexibility index (Phi) is 3.49. The second kappa shape index (κ2) is 5.29. The van der Waals surface area contributed by atoms with Gasteiger partial charge in [-0.3, -0.25) is 4.79 Å². The first-order valence-electron chi connectivity index (χ1n) is 6.33. The van der Waals surface area contributed by atoms with Gasteiger partial charge >= 0.3 is 0 Å². The molecule has 1 aliphatic heterocycles. The number of hydrogen-bond acceptors (Lipinski definition) is 3. The first-order chi connectivity index (χ1) is 9.69. The number of ether oxygens (including phenoxy) is 2. The molecule has 3 rings (SSSR count). The summed E-state index contributed by atoms with van der Waals surface area (Å²) in [6, 6.07) is 10.9. The Bertz CT molecular complexity index is 662. The average Bonchev–Trinajstić information content (AvgIpc) is 2.94. The molecule has 102 valence electrons. The molecule has 0 aliphatic carbocycles. The van der Waals surface area contributed by atoms with E-state index in [1.807, 2.05) is 12.1 Å². The third-order valence-corrected chi connectivity index (χ3v) is 3.80. The Morgan fingerprint density at radius 3 is 2.70 bits per heavy atom. The van der Waals surface area contributed by atoms with E-state index >= 15 is 0 Å². The van der Waals surface area contributed by atoms with Crippen molar-refractivity contribution >= 4 is 21.7 Å². The first-order valence-corrected chi connectivity index (χ1v) is 7.12. The van der Waals surface area contributed by atoms with E-state index in [1.54, 1.807) is 31.4 Å². The van der Waals surface area contributed by atoms with Crippen molar-refractivity contribution in [2.24, 2.45) is 0 Å². The number of ketones is 1. The van der Waals surface area contributed by atoms with Crippen molar-refractivity contribution < 1.29 is 14.3 Å². The highest BCUT2D eigenvalue weighted by Crippen LogP contribution is 2.34. The van der Waals surface area contributed by atoms with Crippen molar-refractivity contribution in [3.8, 4) is 11.5 Å². The second-order valence-corrected chi connectivity index (χ2v) is 5.51. The van der Waals surface area contributed by atoms with E-state index in [1.165, 1.54) is 0 Å². The molecule has 0 unspecified atom stereocenters. The van der Waals surface area contributed by atoms with Gasteiger partial charge < -0.3 is 9.47 Å². The van der Waals surface area contributed by atoms with Crippen molar-refractivity contribution in [3.63, 3.8) is 0 Å². The Balaban J connectivity index is 2.02. The fourth-order valence-electron chi connectivity index (χ4n) is 2.34. The molecule has 0 spiro atoms. The highest BCUT2D eigenvalue weighted by molar-refractivity contribution is 9.10. The number of rotatable bonds is 3. The lowest BCUT2D eigenvalue weighted by molar-refractivity contribution is 0.103. The van der Waals surface area contributed by atoms with Crippen LogP contribution in [0.25, 0.3) is 0 Å². The molecule has 0 radical (unpaired) electrons. The zero-order valence-corrected chi connectivity index (χ0v) is 12.6. The van der Waals surface area contributed by atoms with Gasteiger partial charge in [0.2, 0.25) is 0 Å². The molecule has 0 saturated carbocycles. The zero-order valence-electron chi connectivity index (χ0n) is 11.0. The van der Waals surface area contributed by atoms with Crippen LogP contribution in [0.3, 0.4) is 0 Å². The van der Waals surface area contributed by atoms with Crippen LogP contribution in [-0.2, 0) is 6.42 Å². The molecule has 4 heteroatoms. The summed E-state index contributed by atoms with van der Waals surface area (Å²) in [7, 11) is 1.60. The van der Waals surface area contributed by atoms with Crippen LogP contribution in [0.15, 0.2) is 40.9 Å². The van der Waals surface area contributed by atoms with E-state index in [9.17, 15) is 4.79 Å². The average molecular weight is 333 g/mol. The molecule has 0 fully saturated rings. The third kappa shape index (κ3) is 2.31. The lowest BCUT2D eigenvalue weighted by Gasteiger charge is -2.09. The fraction of sp³-hybridized carbons (Fsp3) is 0.188. The summed E-state index contributed by atoms with van der Waals surface area (Å²) in [4.78, 5) is 12.6.